The van der Waals surface area contributed by atoms with E-state index in [9.17, 15) is 18.7 Å². The fourth-order valence-electron chi connectivity index (χ4n) is 2.80. The summed E-state index contributed by atoms with van der Waals surface area (Å²) in [7, 11) is 0. The van der Waals surface area contributed by atoms with E-state index in [1.807, 2.05) is 0 Å². The van der Waals surface area contributed by atoms with Gasteiger partial charge in [-0.2, -0.15) is 8.78 Å². The molecule has 0 saturated heterocycles. The van der Waals surface area contributed by atoms with E-state index in [4.69, 9.17) is 27.9 Å². The van der Waals surface area contributed by atoms with Gasteiger partial charge in [0.05, 0.1) is 22.3 Å². The van der Waals surface area contributed by atoms with Crippen LogP contribution in [0, 0.1) is 5.92 Å². The van der Waals surface area contributed by atoms with Crippen LogP contribution in [0.2, 0.25) is 10.0 Å². The van der Waals surface area contributed by atoms with Gasteiger partial charge in [0.2, 0.25) is 0 Å². The highest BCUT2D eigenvalue weighted by Gasteiger charge is 2.26. The highest BCUT2D eigenvalue weighted by molar-refractivity contribution is 6.40. The summed E-state index contributed by atoms with van der Waals surface area (Å²) >= 11 is 12.4. The van der Waals surface area contributed by atoms with Crippen molar-refractivity contribution in [2.45, 2.75) is 25.9 Å². The summed E-state index contributed by atoms with van der Waals surface area (Å²) in [4.78, 5) is 18.4. The number of pyridine rings is 1. The number of aromatic nitrogens is 1. The molecule has 1 N–H and O–H groups in total. The number of nitrogens with zero attached hydrogens (tertiary/aromatic N) is 2. The lowest BCUT2D eigenvalue weighted by Crippen LogP contribution is -2.33. The molecule has 2 aromatic rings. The summed E-state index contributed by atoms with van der Waals surface area (Å²) in [6.45, 7) is -2.69. The Morgan fingerprint density at radius 1 is 1.23 bits per heavy atom. The van der Waals surface area contributed by atoms with E-state index in [2.05, 4.69) is 9.72 Å². The predicted molar refractivity (Wildman–Crippen MR) is 109 cm³/mol. The Labute approximate surface area is 182 Å². The van der Waals surface area contributed by atoms with Crippen LogP contribution in [0.1, 0.15) is 29.6 Å². The van der Waals surface area contributed by atoms with Crippen LogP contribution >= 0.6 is 23.2 Å². The molecule has 1 amide bonds. The van der Waals surface area contributed by atoms with Crippen LogP contribution in [0.4, 0.5) is 14.5 Å². The maximum atomic E-state index is 13.3. The number of ether oxygens (including phenoxy) is 2. The van der Waals surface area contributed by atoms with Gasteiger partial charge in [-0.1, -0.05) is 23.2 Å². The molecule has 10 heteroatoms. The van der Waals surface area contributed by atoms with Gasteiger partial charge in [-0.15, -0.1) is 0 Å². The molecule has 162 valence electrons. The summed E-state index contributed by atoms with van der Waals surface area (Å²) in [6.07, 6.45) is 5.01. The van der Waals surface area contributed by atoms with Gasteiger partial charge in [0.1, 0.15) is 0 Å². The van der Waals surface area contributed by atoms with E-state index in [0.29, 0.717) is 12.5 Å². The summed E-state index contributed by atoms with van der Waals surface area (Å²) in [5.74, 6) is -0.205. The molecule has 1 heterocycles. The summed E-state index contributed by atoms with van der Waals surface area (Å²) in [5.41, 5.74) is 0.421. The quantitative estimate of drug-likeness (QED) is 0.550. The number of benzene rings is 1. The van der Waals surface area contributed by atoms with Crippen molar-refractivity contribution in [1.29, 1.82) is 0 Å². The van der Waals surface area contributed by atoms with E-state index < -0.39 is 12.5 Å². The lowest BCUT2D eigenvalue weighted by molar-refractivity contribution is -0.0515. The van der Waals surface area contributed by atoms with E-state index in [1.54, 1.807) is 0 Å². The van der Waals surface area contributed by atoms with E-state index >= 15 is 0 Å². The summed E-state index contributed by atoms with van der Waals surface area (Å²) in [5, 5.41) is 9.55. The van der Waals surface area contributed by atoms with Crippen molar-refractivity contribution >= 4 is 34.8 Å². The van der Waals surface area contributed by atoms with E-state index in [0.717, 1.165) is 12.8 Å². The maximum Gasteiger partial charge on any atom is 0.387 e. The van der Waals surface area contributed by atoms with Gasteiger partial charge in [0, 0.05) is 31.1 Å². The third-order valence-corrected chi connectivity index (χ3v) is 5.01. The van der Waals surface area contributed by atoms with Gasteiger partial charge in [-0.3, -0.25) is 9.78 Å². The van der Waals surface area contributed by atoms with Crippen LogP contribution in [-0.2, 0) is 0 Å². The van der Waals surface area contributed by atoms with Crippen LogP contribution in [-0.4, -0.2) is 42.4 Å². The van der Waals surface area contributed by atoms with Crippen LogP contribution in [0.5, 0.6) is 11.5 Å². The molecule has 3 rings (SSSR count). The maximum absolute atomic E-state index is 13.3. The zero-order valence-corrected chi connectivity index (χ0v) is 17.4. The van der Waals surface area contributed by atoms with Gasteiger partial charge >= 0.3 is 6.61 Å². The number of aliphatic hydroxyl groups excluding tert-OH is 1. The van der Waals surface area contributed by atoms with Gasteiger partial charge in [0.25, 0.3) is 5.91 Å². The van der Waals surface area contributed by atoms with Crippen LogP contribution in [0.25, 0.3) is 0 Å². The average Bonchev–Trinajstić information content (AvgIpc) is 3.53. The Kier molecular flexibility index (Phi) is 7.69. The largest absolute Gasteiger partial charge is 0.489 e. The number of rotatable bonds is 10. The molecule has 30 heavy (non-hydrogen) atoms. The highest BCUT2D eigenvalue weighted by atomic mass is 35.5. The van der Waals surface area contributed by atoms with E-state index in [-0.39, 0.29) is 52.4 Å². The molecule has 6 nitrogen and oxygen atoms in total. The third-order valence-electron chi connectivity index (χ3n) is 4.46. The van der Waals surface area contributed by atoms with Gasteiger partial charge in [-0.05, 0) is 43.4 Å². The van der Waals surface area contributed by atoms with Crippen molar-refractivity contribution in [2.75, 3.05) is 24.7 Å². The Hall–Kier alpha value is -2.16. The van der Waals surface area contributed by atoms with Gasteiger partial charge < -0.3 is 19.5 Å². The topological polar surface area (TPSA) is 71.9 Å². The zero-order valence-electron chi connectivity index (χ0n) is 15.9. The van der Waals surface area contributed by atoms with E-state index in [1.165, 1.54) is 35.5 Å². The number of amides is 1. The van der Waals surface area contributed by atoms with Gasteiger partial charge in [0.15, 0.2) is 11.5 Å². The monoisotopic (exact) mass is 460 g/mol. The fraction of sp³-hybridized carbons (Fsp3) is 0.400. The molecule has 0 bridgehead atoms. The number of aliphatic hydroxyl groups is 1. The number of anilines is 1. The number of halogens is 4. The Balaban J connectivity index is 1.93. The fourth-order valence-corrected chi connectivity index (χ4v) is 3.37. The van der Waals surface area contributed by atoms with Crippen LogP contribution in [0.3, 0.4) is 0 Å². The lowest BCUT2D eigenvalue weighted by Gasteiger charge is -2.25. The number of hydrogen-bond donors (Lipinski definition) is 1. The van der Waals surface area contributed by atoms with Crippen molar-refractivity contribution in [3.63, 3.8) is 0 Å². The molecule has 0 radical (unpaired) electrons. The standard InChI is InChI=1S/C20H20Cl2F2N2O4/c21-14-9-25-10-15(22)18(14)26(6-1-7-27)19(28)13-4-5-16(30-20(23)24)17(8-13)29-11-12-2-3-12/h4-5,8-10,12,20,27H,1-3,6-7,11H2. The first kappa shape index (κ1) is 22.5. The number of hydrogen-bond acceptors (Lipinski definition) is 5. The summed E-state index contributed by atoms with van der Waals surface area (Å²) in [6, 6.07) is 3.98. The number of carbonyl (C=O) groups is 1. The molecule has 1 saturated carbocycles. The minimum absolute atomic E-state index is 0.0575. The van der Waals surface area contributed by atoms with Crippen LogP contribution in [0.15, 0.2) is 30.6 Å². The second kappa shape index (κ2) is 10.2. The van der Waals surface area contributed by atoms with Crippen molar-refractivity contribution in [2.24, 2.45) is 5.92 Å². The molecule has 1 fully saturated rings. The smallest absolute Gasteiger partial charge is 0.387 e. The molecular formula is C20H20Cl2F2N2O4. The number of carbonyl (C=O) groups excluding carboxylic acids is 1. The third kappa shape index (κ3) is 5.71. The first-order valence-electron chi connectivity index (χ1n) is 9.34. The molecule has 1 aromatic carbocycles. The Bertz CT molecular complexity index is 877. The predicted octanol–water partition coefficient (Wildman–Crippen LogP) is 4.81. The first-order chi connectivity index (χ1) is 14.4. The minimum atomic E-state index is -3.02. The molecular weight excluding hydrogens is 441 g/mol. The lowest BCUT2D eigenvalue weighted by atomic mass is 10.1. The highest BCUT2D eigenvalue weighted by Crippen LogP contribution is 2.37. The SMILES string of the molecule is O=C(c1ccc(OC(F)F)c(OCC2CC2)c1)N(CCCO)c1c(Cl)cncc1Cl. The molecule has 1 aromatic heterocycles. The van der Waals surface area contributed by atoms with Crippen LogP contribution < -0.4 is 14.4 Å². The van der Waals surface area contributed by atoms with Crippen molar-refractivity contribution in [1.82, 2.24) is 4.98 Å². The first-order valence-corrected chi connectivity index (χ1v) is 10.1. The normalized spacial score (nSPS) is 13.4. The second-order valence-electron chi connectivity index (χ2n) is 6.78. The molecule has 1 aliphatic carbocycles. The average molecular weight is 461 g/mol. The Morgan fingerprint density at radius 2 is 1.93 bits per heavy atom. The molecule has 0 unspecified atom stereocenters. The minimum Gasteiger partial charge on any atom is -0.489 e. The van der Waals surface area contributed by atoms with Gasteiger partial charge in [-0.25, -0.2) is 0 Å². The summed E-state index contributed by atoms with van der Waals surface area (Å²) < 4.78 is 35.6. The molecule has 0 aliphatic heterocycles. The Morgan fingerprint density at radius 3 is 2.53 bits per heavy atom. The van der Waals surface area contributed by atoms with Crippen molar-refractivity contribution in [3.05, 3.63) is 46.2 Å². The molecule has 0 atom stereocenters. The van der Waals surface area contributed by atoms with Crippen molar-refractivity contribution in [3.8, 4) is 11.5 Å². The zero-order chi connectivity index (χ0) is 21.7. The number of alkyl halides is 2. The van der Waals surface area contributed by atoms with Crippen molar-refractivity contribution < 1.29 is 28.2 Å². The molecule has 1 aliphatic rings. The molecule has 0 spiro atoms. The second-order valence-corrected chi connectivity index (χ2v) is 7.59.